The number of carbonyl (C=O) groups is 2. The molecule has 0 fully saturated rings. The SMILES string of the molecule is O=C(NC1C=Nc2ccc(Cl)cc2NC1=O)c1ccc(Cl)cc1. The van der Waals surface area contributed by atoms with Crippen LogP contribution in [0.1, 0.15) is 10.4 Å². The molecule has 1 aliphatic rings. The van der Waals surface area contributed by atoms with E-state index in [0.29, 0.717) is 27.0 Å². The number of hydrogen-bond donors (Lipinski definition) is 2. The van der Waals surface area contributed by atoms with Crippen molar-refractivity contribution >= 4 is 52.6 Å². The number of amides is 2. The van der Waals surface area contributed by atoms with Crippen LogP contribution in [-0.4, -0.2) is 24.1 Å². The molecule has 1 unspecified atom stereocenters. The Morgan fingerprint density at radius 1 is 1.09 bits per heavy atom. The first-order valence-electron chi connectivity index (χ1n) is 6.74. The number of nitrogens with one attached hydrogen (secondary N) is 2. The van der Waals surface area contributed by atoms with Crippen LogP contribution in [0.5, 0.6) is 0 Å². The molecule has 0 radical (unpaired) electrons. The van der Waals surface area contributed by atoms with Gasteiger partial charge in [0.1, 0.15) is 6.04 Å². The molecule has 0 aliphatic carbocycles. The lowest BCUT2D eigenvalue weighted by Gasteiger charge is -2.13. The first-order valence-corrected chi connectivity index (χ1v) is 7.49. The Morgan fingerprint density at radius 3 is 2.52 bits per heavy atom. The van der Waals surface area contributed by atoms with E-state index in [2.05, 4.69) is 15.6 Å². The Kier molecular flexibility index (Phi) is 4.32. The first-order chi connectivity index (χ1) is 11.0. The molecule has 2 aromatic rings. The lowest BCUT2D eigenvalue weighted by Crippen LogP contribution is -2.44. The van der Waals surface area contributed by atoms with Gasteiger partial charge >= 0.3 is 0 Å². The van der Waals surface area contributed by atoms with Gasteiger partial charge in [-0.3, -0.25) is 14.6 Å². The van der Waals surface area contributed by atoms with Crippen molar-refractivity contribution in [3.05, 3.63) is 58.1 Å². The molecule has 1 heterocycles. The van der Waals surface area contributed by atoms with Crippen LogP contribution in [0, 0.1) is 0 Å². The molecule has 0 bridgehead atoms. The van der Waals surface area contributed by atoms with Crippen molar-refractivity contribution in [3.8, 4) is 0 Å². The molecular formula is C16H11Cl2N3O2. The van der Waals surface area contributed by atoms with Crippen LogP contribution >= 0.6 is 23.2 Å². The van der Waals surface area contributed by atoms with Crippen LogP contribution in [0.25, 0.3) is 0 Å². The van der Waals surface area contributed by atoms with Gasteiger partial charge in [0, 0.05) is 21.8 Å². The summed E-state index contributed by atoms with van der Waals surface area (Å²) in [5.74, 6) is -0.783. The summed E-state index contributed by atoms with van der Waals surface area (Å²) in [6, 6.07) is 10.5. The maximum atomic E-state index is 12.2. The number of benzene rings is 2. The molecule has 0 aromatic heterocycles. The van der Waals surface area contributed by atoms with Gasteiger partial charge in [-0.2, -0.15) is 0 Å². The Morgan fingerprint density at radius 2 is 1.78 bits per heavy atom. The number of carbonyl (C=O) groups excluding carboxylic acids is 2. The monoisotopic (exact) mass is 347 g/mol. The van der Waals surface area contributed by atoms with E-state index in [0.717, 1.165) is 0 Å². The average molecular weight is 348 g/mol. The Labute approximate surface area is 142 Å². The smallest absolute Gasteiger partial charge is 0.252 e. The predicted octanol–water partition coefficient (Wildman–Crippen LogP) is 3.45. The quantitative estimate of drug-likeness (QED) is 0.873. The van der Waals surface area contributed by atoms with Gasteiger partial charge in [-0.1, -0.05) is 23.2 Å². The van der Waals surface area contributed by atoms with Gasteiger partial charge in [0.25, 0.3) is 11.8 Å². The highest BCUT2D eigenvalue weighted by molar-refractivity contribution is 6.31. The maximum absolute atomic E-state index is 12.2. The standard InChI is InChI=1S/C16H11Cl2N3O2/c17-10-3-1-9(2-4-10)15(22)21-14-8-19-12-6-5-11(18)7-13(12)20-16(14)23/h1-8,14H,(H,20,23)(H,21,22). The highest BCUT2D eigenvalue weighted by Crippen LogP contribution is 2.29. The Balaban J connectivity index is 1.78. The molecule has 23 heavy (non-hydrogen) atoms. The molecule has 2 aromatic carbocycles. The summed E-state index contributed by atoms with van der Waals surface area (Å²) in [6.45, 7) is 0. The van der Waals surface area contributed by atoms with Crippen LogP contribution in [0.4, 0.5) is 11.4 Å². The summed E-state index contributed by atoms with van der Waals surface area (Å²) in [6.07, 6.45) is 1.39. The number of rotatable bonds is 2. The van der Waals surface area contributed by atoms with E-state index >= 15 is 0 Å². The third kappa shape index (κ3) is 3.52. The van der Waals surface area contributed by atoms with Crippen molar-refractivity contribution in [2.75, 3.05) is 5.32 Å². The van der Waals surface area contributed by atoms with Gasteiger partial charge < -0.3 is 10.6 Å². The minimum Gasteiger partial charge on any atom is -0.336 e. The maximum Gasteiger partial charge on any atom is 0.252 e. The minimum atomic E-state index is -0.885. The number of halogens is 2. The number of aliphatic imine (C=N–C) groups is 1. The second kappa shape index (κ2) is 6.40. The van der Waals surface area contributed by atoms with E-state index < -0.39 is 17.9 Å². The average Bonchev–Trinajstić information content (AvgIpc) is 2.67. The molecule has 1 aliphatic heterocycles. The van der Waals surface area contributed by atoms with E-state index in [1.54, 1.807) is 42.5 Å². The summed E-state index contributed by atoms with van der Waals surface area (Å²) < 4.78 is 0. The normalized spacial score (nSPS) is 16.3. The van der Waals surface area contributed by atoms with Crippen LogP contribution in [0.3, 0.4) is 0 Å². The van der Waals surface area contributed by atoms with E-state index in [-0.39, 0.29) is 0 Å². The summed E-state index contributed by atoms with van der Waals surface area (Å²) in [4.78, 5) is 28.6. The second-order valence-corrected chi connectivity index (χ2v) is 5.76. The molecule has 1 atom stereocenters. The fourth-order valence-electron chi connectivity index (χ4n) is 2.08. The fourth-order valence-corrected chi connectivity index (χ4v) is 2.38. The molecule has 7 heteroatoms. The number of fused-ring (bicyclic) bond motifs is 1. The topological polar surface area (TPSA) is 70.6 Å². The molecule has 5 nitrogen and oxygen atoms in total. The molecular weight excluding hydrogens is 337 g/mol. The van der Waals surface area contributed by atoms with Crippen LogP contribution in [-0.2, 0) is 4.79 Å². The van der Waals surface area contributed by atoms with Gasteiger partial charge in [-0.15, -0.1) is 0 Å². The van der Waals surface area contributed by atoms with Crippen molar-refractivity contribution in [2.24, 2.45) is 4.99 Å². The van der Waals surface area contributed by atoms with Crippen molar-refractivity contribution < 1.29 is 9.59 Å². The minimum absolute atomic E-state index is 0.391. The number of nitrogens with zero attached hydrogens (tertiary/aromatic N) is 1. The summed E-state index contributed by atoms with van der Waals surface area (Å²) >= 11 is 11.7. The Hall–Kier alpha value is -2.37. The summed E-state index contributed by atoms with van der Waals surface area (Å²) in [5, 5.41) is 6.33. The van der Waals surface area contributed by atoms with E-state index in [9.17, 15) is 9.59 Å². The highest BCUT2D eigenvalue weighted by atomic mass is 35.5. The van der Waals surface area contributed by atoms with E-state index in [1.807, 2.05) is 0 Å². The number of anilines is 1. The van der Waals surface area contributed by atoms with Crippen molar-refractivity contribution in [2.45, 2.75) is 6.04 Å². The molecule has 2 N–H and O–H groups in total. The van der Waals surface area contributed by atoms with Crippen molar-refractivity contribution in [3.63, 3.8) is 0 Å². The fraction of sp³-hybridized carbons (Fsp3) is 0.0625. The number of hydrogen-bond acceptors (Lipinski definition) is 3. The zero-order valence-electron chi connectivity index (χ0n) is 11.7. The van der Waals surface area contributed by atoms with Crippen molar-refractivity contribution in [1.29, 1.82) is 0 Å². The zero-order chi connectivity index (χ0) is 16.4. The zero-order valence-corrected chi connectivity index (χ0v) is 13.2. The lowest BCUT2D eigenvalue weighted by atomic mass is 10.2. The largest absolute Gasteiger partial charge is 0.336 e. The van der Waals surface area contributed by atoms with Crippen LogP contribution in [0.2, 0.25) is 10.0 Å². The molecule has 0 spiro atoms. The predicted molar refractivity (Wildman–Crippen MR) is 90.9 cm³/mol. The highest BCUT2D eigenvalue weighted by Gasteiger charge is 2.23. The Bertz CT molecular complexity index is 803. The van der Waals surface area contributed by atoms with Gasteiger partial charge in [0.2, 0.25) is 0 Å². The van der Waals surface area contributed by atoms with Gasteiger partial charge in [0.15, 0.2) is 0 Å². The lowest BCUT2D eigenvalue weighted by molar-refractivity contribution is -0.116. The van der Waals surface area contributed by atoms with Gasteiger partial charge in [-0.05, 0) is 42.5 Å². The van der Waals surface area contributed by atoms with Crippen molar-refractivity contribution in [1.82, 2.24) is 5.32 Å². The van der Waals surface area contributed by atoms with Crippen LogP contribution in [0.15, 0.2) is 47.5 Å². The van der Waals surface area contributed by atoms with Gasteiger partial charge in [-0.25, -0.2) is 0 Å². The molecule has 0 saturated carbocycles. The molecule has 2 amide bonds. The summed E-state index contributed by atoms with van der Waals surface area (Å²) in [7, 11) is 0. The molecule has 116 valence electrons. The first kappa shape index (κ1) is 15.5. The van der Waals surface area contributed by atoms with E-state index in [1.165, 1.54) is 6.21 Å². The second-order valence-electron chi connectivity index (χ2n) is 4.89. The summed E-state index contributed by atoms with van der Waals surface area (Å²) in [5.41, 5.74) is 1.48. The van der Waals surface area contributed by atoms with Gasteiger partial charge in [0.05, 0.1) is 11.4 Å². The van der Waals surface area contributed by atoms with Crippen LogP contribution < -0.4 is 10.6 Å². The third-order valence-corrected chi connectivity index (χ3v) is 3.74. The third-order valence-electron chi connectivity index (χ3n) is 3.25. The molecule has 3 rings (SSSR count). The molecule has 0 saturated heterocycles. The van der Waals surface area contributed by atoms with E-state index in [4.69, 9.17) is 23.2 Å².